The van der Waals surface area contributed by atoms with Crippen LogP contribution in [0.15, 0.2) is 5.18 Å². The second-order valence-electron chi connectivity index (χ2n) is 7.62. The van der Waals surface area contributed by atoms with Crippen LogP contribution in [0, 0.1) is 16.7 Å². The minimum atomic E-state index is -0.394. The zero-order valence-corrected chi connectivity index (χ0v) is 15.9. The Morgan fingerprint density at radius 1 is 1.04 bits per heavy atom. The number of rotatable bonds is 15. The lowest BCUT2D eigenvalue weighted by molar-refractivity contribution is -0.121. The highest BCUT2D eigenvalue weighted by atomic mass is 16.3. The highest BCUT2D eigenvalue weighted by Gasteiger charge is 2.42. The summed E-state index contributed by atoms with van der Waals surface area (Å²) in [6.45, 7) is 2.39. The maximum absolute atomic E-state index is 12.3. The molecule has 25 heavy (non-hydrogen) atoms. The van der Waals surface area contributed by atoms with Crippen LogP contribution in [0.3, 0.4) is 0 Å². The highest BCUT2D eigenvalue weighted by molar-refractivity contribution is 5.84. The zero-order chi connectivity index (χ0) is 18.5. The highest BCUT2D eigenvalue weighted by Crippen LogP contribution is 2.38. The summed E-state index contributed by atoms with van der Waals surface area (Å²) >= 11 is 0. The van der Waals surface area contributed by atoms with E-state index in [-0.39, 0.29) is 36.8 Å². The van der Waals surface area contributed by atoms with E-state index < -0.39 is 6.04 Å². The Balaban J connectivity index is 2.39. The van der Waals surface area contributed by atoms with Crippen LogP contribution in [-0.4, -0.2) is 34.7 Å². The minimum Gasteiger partial charge on any atom is -0.396 e. The standard InChI is InChI=1S/C20H37NO4/c1-2-3-7-10-16(23)12-13-17-18(20(24)15-19(17)21-25)11-8-5-4-6-9-14-22/h16-19,22-23H,2-15H2,1H3/t16?,17-,18-,19?/m1/s1. The van der Waals surface area contributed by atoms with Gasteiger partial charge in [-0.05, 0) is 38.0 Å². The second-order valence-corrected chi connectivity index (χ2v) is 7.62. The number of ketones is 1. The molecule has 2 unspecified atom stereocenters. The first-order valence-corrected chi connectivity index (χ1v) is 10.3. The Bertz CT molecular complexity index is 375. The van der Waals surface area contributed by atoms with E-state index in [0.29, 0.717) is 6.42 Å². The summed E-state index contributed by atoms with van der Waals surface area (Å²) in [5, 5.41) is 22.1. The fourth-order valence-corrected chi connectivity index (χ4v) is 4.07. The summed E-state index contributed by atoms with van der Waals surface area (Å²) < 4.78 is 0. The normalized spacial score (nSPS) is 24.6. The first kappa shape index (κ1) is 22.2. The monoisotopic (exact) mass is 355 g/mol. The average molecular weight is 356 g/mol. The van der Waals surface area contributed by atoms with Gasteiger partial charge in [-0.2, -0.15) is 4.91 Å². The van der Waals surface area contributed by atoms with Gasteiger partial charge in [0.05, 0.1) is 6.10 Å². The molecule has 2 N–H and O–H groups in total. The van der Waals surface area contributed by atoms with Gasteiger partial charge < -0.3 is 10.2 Å². The fraction of sp³-hybridized carbons (Fsp3) is 0.950. The van der Waals surface area contributed by atoms with E-state index in [2.05, 4.69) is 12.1 Å². The smallest absolute Gasteiger partial charge is 0.138 e. The Kier molecular flexibility index (Phi) is 11.9. The molecule has 1 saturated carbocycles. The van der Waals surface area contributed by atoms with E-state index >= 15 is 0 Å². The predicted molar refractivity (Wildman–Crippen MR) is 100 cm³/mol. The summed E-state index contributed by atoms with van der Waals surface area (Å²) in [6, 6.07) is -0.394. The molecule has 5 heteroatoms. The van der Waals surface area contributed by atoms with E-state index in [0.717, 1.165) is 70.6 Å². The number of hydrogen-bond donors (Lipinski definition) is 2. The maximum Gasteiger partial charge on any atom is 0.138 e. The summed E-state index contributed by atoms with van der Waals surface area (Å²) in [5.74, 6) is 0.150. The molecule has 0 spiro atoms. The van der Waals surface area contributed by atoms with E-state index in [1.54, 1.807) is 0 Å². The number of Topliss-reactive ketones (excluding diaryl/α,β-unsaturated/α-hetero) is 1. The molecule has 0 aliphatic heterocycles. The minimum absolute atomic E-state index is 0.0169. The van der Waals surface area contributed by atoms with Crippen LogP contribution in [0.2, 0.25) is 0 Å². The van der Waals surface area contributed by atoms with Crippen molar-refractivity contribution < 1.29 is 15.0 Å². The molecule has 0 heterocycles. The number of unbranched alkanes of at least 4 members (excludes halogenated alkanes) is 6. The van der Waals surface area contributed by atoms with Crippen LogP contribution in [0.4, 0.5) is 0 Å². The number of aliphatic hydroxyl groups is 2. The van der Waals surface area contributed by atoms with Crippen LogP contribution in [0.5, 0.6) is 0 Å². The van der Waals surface area contributed by atoms with Crippen LogP contribution >= 0.6 is 0 Å². The Labute approximate surface area is 152 Å². The molecule has 1 aliphatic carbocycles. The van der Waals surface area contributed by atoms with Gasteiger partial charge in [0.1, 0.15) is 11.8 Å². The van der Waals surface area contributed by atoms with Crippen molar-refractivity contribution >= 4 is 5.78 Å². The quantitative estimate of drug-likeness (QED) is 0.337. The maximum atomic E-state index is 12.3. The molecule has 4 atom stereocenters. The fourth-order valence-electron chi connectivity index (χ4n) is 4.07. The number of carbonyl (C=O) groups is 1. The molecule has 1 rings (SSSR count). The molecule has 0 radical (unpaired) electrons. The summed E-state index contributed by atoms with van der Waals surface area (Å²) in [6.07, 6.45) is 11.3. The van der Waals surface area contributed by atoms with Crippen molar-refractivity contribution in [2.45, 2.75) is 103 Å². The number of aliphatic hydroxyl groups excluding tert-OH is 2. The number of carbonyl (C=O) groups excluding carboxylic acids is 1. The molecule has 146 valence electrons. The lowest BCUT2D eigenvalue weighted by atomic mass is 9.84. The molecule has 0 saturated heterocycles. The SMILES string of the molecule is CCCCCC(O)CC[C@H]1C(N=O)CC(=O)[C@@H]1CCCCCCCO. The second kappa shape index (κ2) is 13.4. The third kappa shape index (κ3) is 8.41. The molecule has 0 aromatic heterocycles. The molecule has 1 fully saturated rings. The molecule has 0 aromatic rings. The van der Waals surface area contributed by atoms with Gasteiger partial charge in [0.2, 0.25) is 0 Å². The Hall–Kier alpha value is -0.810. The van der Waals surface area contributed by atoms with Gasteiger partial charge in [-0.15, -0.1) is 0 Å². The van der Waals surface area contributed by atoms with Crippen molar-refractivity contribution in [2.75, 3.05) is 6.61 Å². The summed E-state index contributed by atoms with van der Waals surface area (Å²) in [7, 11) is 0. The van der Waals surface area contributed by atoms with Gasteiger partial charge in [0, 0.05) is 18.9 Å². The van der Waals surface area contributed by atoms with Gasteiger partial charge in [0.15, 0.2) is 0 Å². The van der Waals surface area contributed by atoms with Crippen molar-refractivity contribution in [3.8, 4) is 0 Å². The molecule has 5 nitrogen and oxygen atoms in total. The van der Waals surface area contributed by atoms with E-state index in [1.807, 2.05) is 0 Å². The van der Waals surface area contributed by atoms with E-state index in [1.165, 1.54) is 0 Å². The van der Waals surface area contributed by atoms with Crippen LogP contribution < -0.4 is 0 Å². The predicted octanol–water partition coefficient (Wildman–Crippen LogP) is 4.38. The zero-order valence-electron chi connectivity index (χ0n) is 15.9. The molecule has 0 amide bonds. The van der Waals surface area contributed by atoms with Crippen LogP contribution in [0.1, 0.15) is 90.4 Å². The van der Waals surface area contributed by atoms with Crippen molar-refractivity contribution in [3.63, 3.8) is 0 Å². The lowest BCUT2D eigenvalue weighted by Gasteiger charge is -2.21. The average Bonchev–Trinajstić information content (AvgIpc) is 2.91. The number of nitroso groups, excluding NO2 is 1. The van der Waals surface area contributed by atoms with Crippen molar-refractivity contribution in [3.05, 3.63) is 4.91 Å². The molecule has 0 aromatic carbocycles. The molecule has 0 bridgehead atoms. The first-order valence-electron chi connectivity index (χ1n) is 10.3. The van der Waals surface area contributed by atoms with Gasteiger partial charge in [-0.1, -0.05) is 57.0 Å². The number of hydrogen-bond acceptors (Lipinski definition) is 5. The van der Waals surface area contributed by atoms with Gasteiger partial charge in [0.25, 0.3) is 0 Å². The third-order valence-corrected chi connectivity index (χ3v) is 5.62. The van der Waals surface area contributed by atoms with Crippen molar-refractivity contribution in [1.29, 1.82) is 0 Å². The van der Waals surface area contributed by atoms with Crippen LogP contribution in [-0.2, 0) is 4.79 Å². The largest absolute Gasteiger partial charge is 0.396 e. The summed E-state index contributed by atoms with van der Waals surface area (Å²) in [5.41, 5.74) is 0. The van der Waals surface area contributed by atoms with Crippen molar-refractivity contribution in [2.24, 2.45) is 17.0 Å². The molecule has 1 aliphatic rings. The molecular formula is C20H37NO4. The number of nitrogens with zero attached hydrogens (tertiary/aromatic N) is 1. The summed E-state index contributed by atoms with van der Waals surface area (Å²) in [4.78, 5) is 23.4. The first-order chi connectivity index (χ1) is 12.1. The van der Waals surface area contributed by atoms with Gasteiger partial charge in [-0.3, -0.25) is 4.79 Å². The van der Waals surface area contributed by atoms with E-state index in [4.69, 9.17) is 5.11 Å². The van der Waals surface area contributed by atoms with Gasteiger partial charge >= 0.3 is 0 Å². The Morgan fingerprint density at radius 3 is 2.44 bits per heavy atom. The topological polar surface area (TPSA) is 87.0 Å². The third-order valence-electron chi connectivity index (χ3n) is 5.62. The lowest BCUT2D eigenvalue weighted by Crippen LogP contribution is -2.22. The van der Waals surface area contributed by atoms with E-state index in [9.17, 15) is 14.8 Å². The Morgan fingerprint density at radius 2 is 1.76 bits per heavy atom. The van der Waals surface area contributed by atoms with Crippen LogP contribution in [0.25, 0.3) is 0 Å². The van der Waals surface area contributed by atoms with Gasteiger partial charge in [-0.25, -0.2) is 0 Å². The van der Waals surface area contributed by atoms with Crippen molar-refractivity contribution in [1.82, 2.24) is 0 Å². The molecular weight excluding hydrogens is 318 g/mol.